The van der Waals surface area contributed by atoms with Crippen LogP contribution in [0.4, 0.5) is 10.1 Å². The van der Waals surface area contributed by atoms with Crippen LogP contribution in [0, 0.1) is 18.2 Å². The van der Waals surface area contributed by atoms with Crippen molar-refractivity contribution in [2.75, 3.05) is 5.32 Å². The molecule has 1 saturated carbocycles. The van der Waals surface area contributed by atoms with Gasteiger partial charge in [-0.2, -0.15) is 0 Å². The molecule has 0 aromatic heterocycles. The standard InChI is InChI=1S/C15H22FN/c1-11-10-12(16)7-8-13(11)17-14-6-4-5-9-15(14,2)3/h7-8,10,14,17H,4-6,9H2,1-3H3. The molecule has 1 aromatic rings. The van der Waals surface area contributed by atoms with Gasteiger partial charge in [0.05, 0.1) is 0 Å². The summed E-state index contributed by atoms with van der Waals surface area (Å²) in [6.07, 6.45) is 5.10. The Morgan fingerprint density at radius 2 is 2.06 bits per heavy atom. The van der Waals surface area contributed by atoms with Gasteiger partial charge in [0.25, 0.3) is 0 Å². The molecule has 1 nitrogen and oxygen atoms in total. The van der Waals surface area contributed by atoms with E-state index < -0.39 is 0 Å². The number of benzene rings is 1. The molecule has 1 unspecified atom stereocenters. The lowest BCUT2D eigenvalue weighted by Crippen LogP contribution is -2.39. The minimum absolute atomic E-state index is 0.157. The number of aryl methyl sites for hydroxylation is 1. The minimum Gasteiger partial charge on any atom is -0.382 e. The van der Waals surface area contributed by atoms with E-state index >= 15 is 0 Å². The van der Waals surface area contributed by atoms with Crippen molar-refractivity contribution in [3.8, 4) is 0 Å². The first-order valence-electron chi connectivity index (χ1n) is 6.52. The SMILES string of the molecule is Cc1cc(F)ccc1NC1CCCCC1(C)C. The van der Waals surface area contributed by atoms with Gasteiger partial charge in [0.2, 0.25) is 0 Å². The summed E-state index contributed by atoms with van der Waals surface area (Å²) in [6.45, 7) is 6.60. The lowest BCUT2D eigenvalue weighted by Gasteiger charge is -2.40. The molecule has 0 saturated heterocycles. The largest absolute Gasteiger partial charge is 0.382 e. The highest BCUT2D eigenvalue weighted by Crippen LogP contribution is 2.37. The number of anilines is 1. The van der Waals surface area contributed by atoms with E-state index in [4.69, 9.17) is 0 Å². The van der Waals surface area contributed by atoms with Gasteiger partial charge in [-0.3, -0.25) is 0 Å². The van der Waals surface area contributed by atoms with Crippen molar-refractivity contribution in [1.29, 1.82) is 0 Å². The van der Waals surface area contributed by atoms with Crippen LogP contribution in [0.2, 0.25) is 0 Å². The topological polar surface area (TPSA) is 12.0 Å². The molecular weight excluding hydrogens is 213 g/mol. The van der Waals surface area contributed by atoms with E-state index in [-0.39, 0.29) is 5.82 Å². The van der Waals surface area contributed by atoms with Gasteiger partial charge in [-0.25, -0.2) is 4.39 Å². The Labute approximate surface area is 103 Å². The lowest BCUT2D eigenvalue weighted by molar-refractivity contribution is 0.217. The van der Waals surface area contributed by atoms with Crippen LogP contribution >= 0.6 is 0 Å². The third-order valence-corrected chi connectivity index (χ3v) is 4.03. The Hall–Kier alpha value is -1.05. The molecule has 17 heavy (non-hydrogen) atoms. The van der Waals surface area contributed by atoms with Gasteiger partial charge in [0, 0.05) is 11.7 Å². The highest BCUT2D eigenvalue weighted by Gasteiger charge is 2.32. The number of rotatable bonds is 2. The molecule has 1 atom stereocenters. The molecule has 1 fully saturated rings. The van der Waals surface area contributed by atoms with Crippen LogP contribution in [0.5, 0.6) is 0 Å². The maximum absolute atomic E-state index is 13.1. The van der Waals surface area contributed by atoms with E-state index in [1.54, 1.807) is 6.07 Å². The first-order chi connectivity index (χ1) is 7.99. The van der Waals surface area contributed by atoms with Gasteiger partial charge in [0.1, 0.15) is 5.82 Å². The average molecular weight is 235 g/mol. The summed E-state index contributed by atoms with van der Waals surface area (Å²) in [5.74, 6) is -0.157. The molecular formula is C15H22FN. The Morgan fingerprint density at radius 3 is 2.71 bits per heavy atom. The van der Waals surface area contributed by atoms with E-state index in [0.29, 0.717) is 11.5 Å². The zero-order valence-electron chi connectivity index (χ0n) is 11.0. The van der Waals surface area contributed by atoms with E-state index in [9.17, 15) is 4.39 Å². The van der Waals surface area contributed by atoms with Gasteiger partial charge < -0.3 is 5.32 Å². The van der Waals surface area contributed by atoms with Crippen LogP contribution in [0.15, 0.2) is 18.2 Å². The normalized spacial score (nSPS) is 23.4. The predicted octanol–water partition coefficient (Wildman–Crippen LogP) is 4.51. The average Bonchev–Trinajstić information content (AvgIpc) is 2.24. The fourth-order valence-electron chi connectivity index (χ4n) is 2.74. The summed E-state index contributed by atoms with van der Waals surface area (Å²) in [7, 11) is 0. The van der Waals surface area contributed by atoms with Gasteiger partial charge in [0.15, 0.2) is 0 Å². The number of halogens is 1. The maximum atomic E-state index is 13.1. The highest BCUT2D eigenvalue weighted by molar-refractivity contribution is 5.51. The van der Waals surface area contributed by atoms with Gasteiger partial charge >= 0.3 is 0 Å². The second kappa shape index (κ2) is 4.67. The zero-order valence-corrected chi connectivity index (χ0v) is 11.0. The fourth-order valence-corrected chi connectivity index (χ4v) is 2.74. The lowest BCUT2D eigenvalue weighted by atomic mass is 9.73. The minimum atomic E-state index is -0.157. The second-order valence-electron chi connectivity index (χ2n) is 5.89. The van der Waals surface area contributed by atoms with Crippen LogP contribution in [0.3, 0.4) is 0 Å². The molecule has 2 heteroatoms. The van der Waals surface area contributed by atoms with Crippen molar-refractivity contribution < 1.29 is 4.39 Å². The first-order valence-corrected chi connectivity index (χ1v) is 6.52. The van der Waals surface area contributed by atoms with Crippen LogP contribution in [-0.4, -0.2) is 6.04 Å². The van der Waals surface area contributed by atoms with Crippen molar-refractivity contribution in [3.05, 3.63) is 29.6 Å². The zero-order chi connectivity index (χ0) is 12.5. The van der Waals surface area contributed by atoms with E-state index in [1.165, 1.54) is 31.7 Å². The summed E-state index contributed by atoms with van der Waals surface area (Å²) in [4.78, 5) is 0. The molecule has 0 radical (unpaired) electrons. The summed E-state index contributed by atoms with van der Waals surface area (Å²) < 4.78 is 13.1. The van der Waals surface area contributed by atoms with Crippen molar-refractivity contribution in [2.24, 2.45) is 5.41 Å². The van der Waals surface area contributed by atoms with E-state index in [0.717, 1.165) is 11.3 Å². The Kier molecular flexibility index (Phi) is 3.41. The third-order valence-electron chi connectivity index (χ3n) is 4.03. The summed E-state index contributed by atoms with van der Waals surface area (Å²) >= 11 is 0. The first kappa shape index (κ1) is 12.4. The van der Waals surface area contributed by atoms with Crippen molar-refractivity contribution >= 4 is 5.69 Å². The molecule has 0 heterocycles. The quantitative estimate of drug-likeness (QED) is 0.795. The van der Waals surface area contributed by atoms with Crippen molar-refractivity contribution in [3.63, 3.8) is 0 Å². The molecule has 94 valence electrons. The summed E-state index contributed by atoms with van der Waals surface area (Å²) in [5, 5.41) is 3.60. The van der Waals surface area contributed by atoms with Crippen LogP contribution in [0.1, 0.15) is 45.1 Å². The van der Waals surface area contributed by atoms with Gasteiger partial charge in [-0.1, -0.05) is 26.7 Å². The van der Waals surface area contributed by atoms with Crippen molar-refractivity contribution in [1.82, 2.24) is 0 Å². The molecule has 1 aliphatic rings. The summed E-state index contributed by atoms with van der Waals surface area (Å²) in [5.41, 5.74) is 2.40. The number of nitrogens with one attached hydrogen (secondary N) is 1. The molecule has 1 aliphatic carbocycles. The second-order valence-corrected chi connectivity index (χ2v) is 5.89. The Morgan fingerprint density at radius 1 is 1.29 bits per heavy atom. The van der Waals surface area contributed by atoms with Crippen LogP contribution < -0.4 is 5.32 Å². The fraction of sp³-hybridized carbons (Fsp3) is 0.600. The third kappa shape index (κ3) is 2.80. The number of hydrogen-bond donors (Lipinski definition) is 1. The Bertz CT molecular complexity index is 398. The maximum Gasteiger partial charge on any atom is 0.123 e. The van der Waals surface area contributed by atoms with Crippen molar-refractivity contribution in [2.45, 2.75) is 52.5 Å². The van der Waals surface area contributed by atoms with Crippen LogP contribution in [-0.2, 0) is 0 Å². The van der Waals surface area contributed by atoms with Gasteiger partial charge in [-0.05, 0) is 48.9 Å². The molecule has 0 aliphatic heterocycles. The molecule has 0 amide bonds. The monoisotopic (exact) mass is 235 g/mol. The van der Waals surface area contributed by atoms with Crippen LogP contribution in [0.25, 0.3) is 0 Å². The molecule has 1 aromatic carbocycles. The summed E-state index contributed by atoms with van der Waals surface area (Å²) in [6, 6.07) is 5.49. The van der Waals surface area contributed by atoms with E-state index in [2.05, 4.69) is 19.2 Å². The predicted molar refractivity (Wildman–Crippen MR) is 70.8 cm³/mol. The van der Waals surface area contributed by atoms with E-state index in [1.807, 2.05) is 13.0 Å². The molecule has 2 rings (SSSR count). The number of hydrogen-bond acceptors (Lipinski definition) is 1. The van der Waals surface area contributed by atoms with Gasteiger partial charge in [-0.15, -0.1) is 0 Å². The molecule has 0 spiro atoms. The Balaban J connectivity index is 2.14. The highest BCUT2D eigenvalue weighted by atomic mass is 19.1. The molecule has 0 bridgehead atoms. The smallest absolute Gasteiger partial charge is 0.123 e. The molecule has 1 N–H and O–H groups in total.